The molecule has 1 fully saturated rings. The summed E-state index contributed by atoms with van der Waals surface area (Å²) in [5.74, 6) is 0.686. The monoisotopic (exact) mass is 352 g/mol. The molecule has 0 aromatic heterocycles. The van der Waals surface area contributed by atoms with E-state index in [1.165, 1.54) is 5.56 Å². The second-order valence-corrected chi connectivity index (χ2v) is 7.96. The minimum Gasteiger partial charge on any atom is -0.350 e. The maximum Gasteiger partial charge on any atom is 0.237 e. The number of rotatable bonds is 4. The van der Waals surface area contributed by atoms with Crippen molar-refractivity contribution in [1.82, 2.24) is 10.6 Å². The van der Waals surface area contributed by atoms with Gasteiger partial charge in [-0.05, 0) is 64.2 Å². The molecule has 4 heteroatoms. The number of hydrogen-bond donors (Lipinski definition) is 2. The van der Waals surface area contributed by atoms with Gasteiger partial charge in [0.15, 0.2) is 0 Å². The molecule has 1 atom stereocenters. The van der Waals surface area contributed by atoms with Gasteiger partial charge < -0.3 is 10.6 Å². The molecule has 0 aliphatic heterocycles. The fourth-order valence-corrected chi connectivity index (χ4v) is 3.11. The number of hydrogen-bond acceptors (Lipinski definition) is 2. The molecule has 0 radical (unpaired) electrons. The standard InChI is InChI=1S/C17H25BrN2O/c1-11(16(21)20-17(2,3)4)19-15-9-13(10-15)12-6-5-7-14(18)8-12/h5-8,11,13,15,19H,9-10H2,1-4H3,(H,20,21). The number of carbonyl (C=O) groups excluding carboxylic acids is 1. The van der Waals surface area contributed by atoms with Crippen LogP contribution < -0.4 is 10.6 Å². The summed E-state index contributed by atoms with van der Waals surface area (Å²) in [5, 5.41) is 6.44. The fraction of sp³-hybridized carbons (Fsp3) is 0.588. The van der Waals surface area contributed by atoms with Crippen LogP contribution in [-0.2, 0) is 4.79 Å². The van der Waals surface area contributed by atoms with Gasteiger partial charge in [0.1, 0.15) is 0 Å². The quantitative estimate of drug-likeness (QED) is 0.869. The maximum absolute atomic E-state index is 12.1. The molecule has 116 valence electrons. The highest BCUT2D eigenvalue weighted by atomic mass is 79.9. The summed E-state index contributed by atoms with van der Waals surface area (Å²) in [5.41, 5.74) is 1.21. The van der Waals surface area contributed by atoms with Crippen molar-refractivity contribution in [3.8, 4) is 0 Å². The van der Waals surface area contributed by atoms with E-state index in [0.717, 1.165) is 17.3 Å². The molecule has 3 nitrogen and oxygen atoms in total. The first-order chi connectivity index (χ1) is 9.74. The molecule has 0 heterocycles. The lowest BCUT2D eigenvalue weighted by Gasteiger charge is -2.38. The molecule has 1 aliphatic carbocycles. The summed E-state index contributed by atoms with van der Waals surface area (Å²) in [7, 11) is 0. The largest absolute Gasteiger partial charge is 0.350 e. The molecular weight excluding hydrogens is 328 g/mol. The van der Waals surface area contributed by atoms with E-state index in [0.29, 0.717) is 12.0 Å². The van der Waals surface area contributed by atoms with Crippen LogP contribution in [0.4, 0.5) is 0 Å². The van der Waals surface area contributed by atoms with Crippen molar-refractivity contribution in [2.24, 2.45) is 0 Å². The molecule has 1 aromatic carbocycles. The number of carbonyl (C=O) groups is 1. The van der Waals surface area contributed by atoms with E-state index in [1.54, 1.807) is 0 Å². The Bertz CT molecular complexity index is 504. The summed E-state index contributed by atoms with van der Waals surface area (Å²) >= 11 is 3.52. The van der Waals surface area contributed by atoms with Crippen LogP contribution in [0.1, 0.15) is 52.0 Å². The van der Waals surface area contributed by atoms with Crippen molar-refractivity contribution in [3.63, 3.8) is 0 Å². The Morgan fingerprint density at radius 3 is 2.57 bits per heavy atom. The minimum absolute atomic E-state index is 0.0772. The Morgan fingerprint density at radius 2 is 2.00 bits per heavy atom. The average molecular weight is 353 g/mol. The second-order valence-electron chi connectivity index (χ2n) is 7.05. The summed E-state index contributed by atoms with van der Waals surface area (Å²) in [6, 6.07) is 8.81. The lowest BCUT2D eigenvalue weighted by molar-refractivity contribution is -0.124. The summed E-state index contributed by atoms with van der Waals surface area (Å²) in [6.45, 7) is 7.95. The van der Waals surface area contributed by atoms with E-state index in [1.807, 2.05) is 27.7 Å². The van der Waals surface area contributed by atoms with Crippen molar-refractivity contribution >= 4 is 21.8 Å². The first kappa shape index (κ1) is 16.5. The topological polar surface area (TPSA) is 41.1 Å². The van der Waals surface area contributed by atoms with Crippen LogP contribution >= 0.6 is 15.9 Å². The third-order valence-corrected chi connectivity index (χ3v) is 4.33. The molecule has 0 spiro atoms. The Labute approximate surface area is 136 Å². The second kappa shape index (κ2) is 6.49. The van der Waals surface area contributed by atoms with Crippen molar-refractivity contribution in [2.75, 3.05) is 0 Å². The Hall–Kier alpha value is -0.870. The average Bonchev–Trinajstić information content (AvgIpc) is 2.30. The van der Waals surface area contributed by atoms with Gasteiger partial charge in [-0.15, -0.1) is 0 Å². The lowest BCUT2D eigenvalue weighted by atomic mass is 9.75. The molecule has 1 unspecified atom stereocenters. The lowest BCUT2D eigenvalue weighted by Crippen LogP contribution is -2.54. The predicted molar refractivity (Wildman–Crippen MR) is 90.4 cm³/mol. The third-order valence-electron chi connectivity index (χ3n) is 3.84. The predicted octanol–water partition coefficient (Wildman–Crippen LogP) is 3.59. The summed E-state index contributed by atoms with van der Waals surface area (Å²) in [4.78, 5) is 12.1. The first-order valence-corrected chi connectivity index (χ1v) is 8.37. The normalized spacial score (nSPS) is 23.3. The van der Waals surface area contributed by atoms with Crippen molar-refractivity contribution < 1.29 is 4.79 Å². The van der Waals surface area contributed by atoms with Gasteiger partial charge in [-0.25, -0.2) is 0 Å². The van der Waals surface area contributed by atoms with Gasteiger partial charge in [0, 0.05) is 16.1 Å². The van der Waals surface area contributed by atoms with Gasteiger partial charge in [-0.1, -0.05) is 28.1 Å². The van der Waals surface area contributed by atoms with Crippen LogP contribution in [0.5, 0.6) is 0 Å². The number of nitrogens with one attached hydrogen (secondary N) is 2. The van der Waals surface area contributed by atoms with Crippen LogP contribution in [0, 0.1) is 0 Å². The van der Waals surface area contributed by atoms with Gasteiger partial charge in [0.2, 0.25) is 5.91 Å². The first-order valence-electron chi connectivity index (χ1n) is 7.58. The number of halogens is 1. The van der Waals surface area contributed by atoms with E-state index in [2.05, 4.69) is 50.8 Å². The smallest absolute Gasteiger partial charge is 0.237 e. The molecular formula is C17H25BrN2O. The van der Waals surface area contributed by atoms with Crippen LogP contribution in [0.15, 0.2) is 28.7 Å². The van der Waals surface area contributed by atoms with Gasteiger partial charge in [-0.3, -0.25) is 4.79 Å². The molecule has 0 bridgehead atoms. The van der Waals surface area contributed by atoms with Crippen LogP contribution in [0.3, 0.4) is 0 Å². The van der Waals surface area contributed by atoms with E-state index in [9.17, 15) is 4.79 Å². The molecule has 21 heavy (non-hydrogen) atoms. The summed E-state index contributed by atoms with van der Waals surface area (Å²) < 4.78 is 1.13. The molecule has 2 rings (SSSR count). The SMILES string of the molecule is CC(NC1CC(c2cccc(Br)c2)C1)C(=O)NC(C)(C)C. The minimum atomic E-state index is -0.175. The Morgan fingerprint density at radius 1 is 1.33 bits per heavy atom. The van der Waals surface area contributed by atoms with Crippen LogP contribution in [0.2, 0.25) is 0 Å². The molecule has 1 saturated carbocycles. The zero-order valence-corrected chi connectivity index (χ0v) is 14.8. The molecule has 1 aliphatic rings. The van der Waals surface area contributed by atoms with Gasteiger partial charge in [0.05, 0.1) is 6.04 Å². The maximum atomic E-state index is 12.1. The van der Waals surface area contributed by atoms with E-state index < -0.39 is 0 Å². The Kier molecular flexibility index (Phi) is 5.10. The molecule has 1 aromatic rings. The Balaban J connectivity index is 1.79. The van der Waals surface area contributed by atoms with Crippen molar-refractivity contribution in [1.29, 1.82) is 0 Å². The molecule has 2 N–H and O–H groups in total. The fourth-order valence-electron chi connectivity index (χ4n) is 2.69. The van der Waals surface area contributed by atoms with Gasteiger partial charge >= 0.3 is 0 Å². The molecule has 0 saturated heterocycles. The van der Waals surface area contributed by atoms with E-state index >= 15 is 0 Å². The third kappa shape index (κ3) is 4.82. The van der Waals surface area contributed by atoms with Crippen molar-refractivity contribution in [2.45, 2.75) is 64.1 Å². The number of amides is 1. The number of benzene rings is 1. The highest BCUT2D eigenvalue weighted by molar-refractivity contribution is 9.10. The van der Waals surface area contributed by atoms with Crippen LogP contribution in [0.25, 0.3) is 0 Å². The highest BCUT2D eigenvalue weighted by Gasteiger charge is 2.32. The zero-order chi connectivity index (χ0) is 15.6. The van der Waals surface area contributed by atoms with Crippen molar-refractivity contribution in [3.05, 3.63) is 34.3 Å². The van der Waals surface area contributed by atoms with Crippen LogP contribution in [-0.4, -0.2) is 23.5 Å². The highest BCUT2D eigenvalue weighted by Crippen LogP contribution is 2.37. The van der Waals surface area contributed by atoms with Gasteiger partial charge in [0.25, 0.3) is 0 Å². The van der Waals surface area contributed by atoms with Gasteiger partial charge in [-0.2, -0.15) is 0 Å². The molecule has 1 amide bonds. The zero-order valence-electron chi connectivity index (χ0n) is 13.2. The van der Waals surface area contributed by atoms with E-state index in [-0.39, 0.29) is 17.5 Å². The summed E-state index contributed by atoms with van der Waals surface area (Å²) in [6.07, 6.45) is 2.20. The van der Waals surface area contributed by atoms with E-state index in [4.69, 9.17) is 0 Å².